The van der Waals surface area contributed by atoms with E-state index in [9.17, 15) is 19.5 Å². The van der Waals surface area contributed by atoms with Gasteiger partial charge >= 0.3 is 5.97 Å². The third kappa shape index (κ3) is 5.13. The van der Waals surface area contributed by atoms with Crippen molar-refractivity contribution in [3.05, 3.63) is 123 Å². The summed E-state index contributed by atoms with van der Waals surface area (Å²) in [7, 11) is 0. The summed E-state index contributed by atoms with van der Waals surface area (Å²) in [5.41, 5.74) is 3.78. The van der Waals surface area contributed by atoms with Crippen molar-refractivity contribution in [1.82, 2.24) is 0 Å². The van der Waals surface area contributed by atoms with Crippen molar-refractivity contribution in [3.63, 3.8) is 0 Å². The molecule has 1 aromatic heterocycles. The molecule has 0 saturated heterocycles. The first-order chi connectivity index (χ1) is 16.4. The van der Waals surface area contributed by atoms with Gasteiger partial charge in [0, 0.05) is 17.7 Å². The van der Waals surface area contributed by atoms with Crippen molar-refractivity contribution in [2.45, 2.75) is 19.3 Å². The van der Waals surface area contributed by atoms with E-state index in [0.29, 0.717) is 28.1 Å². The van der Waals surface area contributed by atoms with E-state index in [0.717, 1.165) is 11.1 Å². The van der Waals surface area contributed by atoms with Crippen LogP contribution in [-0.2, 0) is 11.2 Å². The average molecular weight is 470 g/mol. The van der Waals surface area contributed by atoms with Crippen molar-refractivity contribution >= 4 is 34.7 Å². The maximum Gasteiger partial charge on any atom is 0.335 e. The number of carboxylic acid groups (broad SMARTS) is 1. The molecule has 4 rings (SSSR count). The van der Waals surface area contributed by atoms with Gasteiger partial charge in [-0.25, -0.2) is 4.79 Å². The highest BCUT2D eigenvalue weighted by Crippen LogP contribution is 2.25. The fourth-order valence-corrected chi connectivity index (χ4v) is 4.44. The molecule has 34 heavy (non-hydrogen) atoms. The Hall–Kier alpha value is -4.03. The quantitative estimate of drug-likeness (QED) is 0.310. The number of ketones is 1. The Morgan fingerprint density at radius 3 is 2.21 bits per heavy atom. The lowest BCUT2D eigenvalue weighted by molar-refractivity contribution is -0.117. The first kappa shape index (κ1) is 23.1. The normalized spacial score (nSPS) is 11.6. The number of benzene rings is 3. The number of amides is 1. The Kier molecular flexibility index (Phi) is 6.99. The fraction of sp³-hybridized carbons (Fsp3) is 0.107. The predicted molar refractivity (Wildman–Crippen MR) is 134 cm³/mol. The maximum absolute atomic E-state index is 13.0. The Morgan fingerprint density at radius 2 is 1.53 bits per heavy atom. The third-order valence-corrected chi connectivity index (χ3v) is 6.58. The molecule has 1 amide bonds. The highest BCUT2D eigenvalue weighted by molar-refractivity contribution is 7.12. The van der Waals surface area contributed by atoms with Crippen LogP contribution in [0.15, 0.2) is 90.3 Å². The Morgan fingerprint density at radius 1 is 0.853 bits per heavy atom. The van der Waals surface area contributed by atoms with Crippen LogP contribution in [0.3, 0.4) is 0 Å². The minimum atomic E-state index is -0.980. The van der Waals surface area contributed by atoms with Crippen LogP contribution in [0.1, 0.15) is 55.1 Å². The summed E-state index contributed by atoms with van der Waals surface area (Å²) in [4.78, 5) is 37.8. The Bertz CT molecular complexity index is 1330. The highest BCUT2D eigenvalue weighted by atomic mass is 32.1. The van der Waals surface area contributed by atoms with Gasteiger partial charge in [-0.1, -0.05) is 66.7 Å². The van der Waals surface area contributed by atoms with Crippen molar-refractivity contribution in [2.75, 3.05) is 5.32 Å². The molecule has 6 heteroatoms. The summed E-state index contributed by atoms with van der Waals surface area (Å²) in [6.07, 6.45) is 0.382. The molecule has 0 spiro atoms. The first-order valence-corrected chi connectivity index (χ1v) is 11.7. The van der Waals surface area contributed by atoms with Crippen molar-refractivity contribution in [2.24, 2.45) is 0 Å². The van der Waals surface area contributed by atoms with E-state index in [4.69, 9.17) is 0 Å². The highest BCUT2D eigenvalue weighted by Gasteiger charge is 2.19. The number of carboxylic acids is 1. The van der Waals surface area contributed by atoms with Gasteiger partial charge in [-0.3, -0.25) is 9.59 Å². The van der Waals surface area contributed by atoms with Crippen LogP contribution < -0.4 is 5.32 Å². The van der Waals surface area contributed by atoms with Gasteiger partial charge in [0.2, 0.25) is 11.7 Å². The van der Waals surface area contributed by atoms with E-state index in [-0.39, 0.29) is 17.3 Å². The van der Waals surface area contributed by atoms with Crippen molar-refractivity contribution < 1.29 is 19.5 Å². The van der Waals surface area contributed by atoms with E-state index in [2.05, 4.69) is 5.32 Å². The molecular formula is C28H23NO4S. The van der Waals surface area contributed by atoms with E-state index in [1.807, 2.05) is 42.6 Å². The lowest BCUT2D eigenvalue weighted by Crippen LogP contribution is -2.20. The molecule has 3 aromatic carbocycles. The number of hydrogen-bond acceptors (Lipinski definition) is 4. The number of anilines is 1. The van der Waals surface area contributed by atoms with Crippen LogP contribution in [0.5, 0.6) is 0 Å². The number of rotatable bonds is 8. The zero-order valence-corrected chi connectivity index (χ0v) is 19.3. The molecular weight excluding hydrogens is 446 g/mol. The molecule has 0 aliphatic rings. The molecule has 0 radical (unpaired) electrons. The molecule has 0 aliphatic heterocycles. The number of thiophene rings is 1. The van der Waals surface area contributed by atoms with Gasteiger partial charge in [0.05, 0.1) is 16.4 Å². The average Bonchev–Trinajstić information content (AvgIpc) is 3.40. The Labute approximate surface area is 201 Å². The first-order valence-electron chi connectivity index (χ1n) is 10.8. The second-order valence-electron chi connectivity index (χ2n) is 7.94. The summed E-state index contributed by atoms with van der Waals surface area (Å²) in [6.45, 7) is 1.81. The van der Waals surface area contributed by atoms with E-state index >= 15 is 0 Å². The molecule has 0 fully saturated rings. The van der Waals surface area contributed by atoms with E-state index in [1.54, 1.807) is 54.6 Å². The molecule has 1 unspecified atom stereocenters. The predicted octanol–water partition coefficient (Wildman–Crippen LogP) is 6.01. The maximum atomic E-state index is 13.0. The minimum Gasteiger partial charge on any atom is -0.478 e. The molecule has 0 bridgehead atoms. The number of nitrogens with one attached hydrogen (secondary N) is 1. The summed E-state index contributed by atoms with van der Waals surface area (Å²) in [5.74, 6) is -1.64. The van der Waals surface area contributed by atoms with Crippen LogP contribution in [0, 0.1) is 0 Å². The molecule has 1 atom stereocenters. The van der Waals surface area contributed by atoms with Crippen molar-refractivity contribution in [1.29, 1.82) is 0 Å². The Balaban J connectivity index is 1.49. The van der Waals surface area contributed by atoms with Crippen LogP contribution in [0.25, 0.3) is 0 Å². The van der Waals surface area contributed by atoms with Gasteiger partial charge in [-0.15, -0.1) is 11.3 Å². The molecule has 5 nitrogen and oxygen atoms in total. The third-order valence-electron chi connectivity index (χ3n) is 5.72. The zero-order chi connectivity index (χ0) is 24.1. The van der Waals surface area contributed by atoms with Crippen LogP contribution in [-0.4, -0.2) is 22.8 Å². The lowest BCUT2D eigenvalue weighted by atomic mass is 9.96. The SMILES string of the molecule is CC(C(=O)Nc1ccccc1Cc1ccccc1C(=O)O)c1ccc(C(=O)c2cccs2)cc1. The summed E-state index contributed by atoms with van der Waals surface area (Å²) >= 11 is 1.40. The number of hydrogen-bond donors (Lipinski definition) is 2. The van der Waals surface area contributed by atoms with Gasteiger partial charge in [0.1, 0.15) is 0 Å². The molecule has 4 aromatic rings. The van der Waals surface area contributed by atoms with Gasteiger partial charge < -0.3 is 10.4 Å². The topological polar surface area (TPSA) is 83.5 Å². The smallest absolute Gasteiger partial charge is 0.335 e. The molecule has 1 heterocycles. The van der Waals surface area contributed by atoms with Gasteiger partial charge in [-0.2, -0.15) is 0 Å². The second-order valence-corrected chi connectivity index (χ2v) is 8.88. The molecule has 0 saturated carbocycles. The van der Waals surface area contributed by atoms with Crippen LogP contribution in [0.2, 0.25) is 0 Å². The van der Waals surface area contributed by atoms with E-state index in [1.165, 1.54) is 11.3 Å². The molecule has 2 N–H and O–H groups in total. The molecule has 0 aliphatic carbocycles. The molecule has 170 valence electrons. The van der Waals surface area contributed by atoms with Crippen LogP contribution >= 0.6 is 11.3 Å². The van der Waals surface area contributed by atoms with E-state index < -0.39 is 11.9 Å². The monoisotopic (exact) mass is 469 g/mol. The standard InChI is InChI=1S/C28H23NO4S/c1-18(19-12-14-20(15-13-19)26(30)25-11-6-16-34-25)27(31)29-24-10-5-3-8-22(24)17-21-7-2-4-9-23(21)28(32)33/h2-16,18H,17H2,1H3,(H,29,31)(H,32,33). The largest absolute Gasteiger partial charge is 0.478 e. The summed E-state index contributed by atoms with van der Waals surface area (Å²) in [5, 5.41) is 14.3. The number of aromatic carboxylic acids is 1. The van der Waals surface area contributed by atoms with Crippen LogP contribution in [0.4, 0.5) is 5.69 Å². The zero-order valence-electron chi connectivity index (χ0n) is 18.5. The number of carbonyl (C=O) groups is 3. The number of para-hydroxylation sites is 1. The lowest BCUT2D eigenvalue weighted by Gasteiger charge is -2.16. The number of carbonyl (C=O) groups excluding carboxylic acids is 2. The minimum absolute atomic E-state index is 0.0331. The van der Waals surface area contributed by atoms with Crippen molar-refractivity contribution in [3.8, 4) is 0 Å². The van der Waals surface area contributed by atoms with Gasteiger partial charge in [-0.05, 0) is 47.2 Å². The van der Waals surface area contributed by atoms with Gasteiger partial charge in [0.15, 0.2) is 0 Å². The summed E-state index contributed by atoms with van der Waals surface area (Å²) < 4.78 is 0. The fourth-order valence-electron chi connectivity index (χ4n) is 3.75. The van der Waals surface area contributed by atoms with Gasteiger partial charge in [0.25, 0.3) is 0 Å². The second kappa shape index (κ2) is 10.3. The summed E-state index contributed by atoms with van der Waals surface area (Å²) in [6, 6.07) is 25.0.